The van der Waals surface area contributed by atoms with Crippen LogP contribution >= 0.6 is 22.9 Å². The van der Waals surface area contributed by atoms with E-state index < -0.39 is 0 Å². The second-order valence-corrected chi connectivity index (χ2v) is 4.67. The highest BCUT2D eigenvalue weighted by Crippen LogP contribution is 2.21. The summed E-state index contributed by atoms with van der Waals surface area (Å²) in [6, 6.07) is 4.10. The summed E-state index contributed by atoms with van der Waals surface area (Å²) < 4.78 is 0. The van der Waals surface area contributed by atoms with E-state index in [4.69, 9.17) is 11.6 Å². The van der Waals surface area contributed by atoms with Crippen LogP contribution in [0.25, 0.3) is 0 Å². The summed E-state index contributed by atoms with van der Waals surface area (Å²) >= 11 is 7.62. The van der Waals surface area contributed by atoms with Gasteiger partial charge in [-0.3, -0.25) is 4.98 Å². The minimum absolute atomic E-state index is 0.520. The average molecular weight is 253 g/mol. The second-order valence-electron chi connectivity index (χ2n) is 3.63. The van der Waals surface area contributed by atoms with Gasteiger partial charge in [0, 0.05) is 25.7 Å². The van der Waals surface area contributed by atoms with E-state index >= 15 is 0 Å². The summed E-state index contributed by atoms with van der Waals surface area (Å²) in [5.74, 6) is 0.520. The van der Waals surface area contributed by atoms with E-state index in [1.54, 1.807) is 17.5 Å². The molecule has 0 saturated carbocycles. The van der Waals surface area contributed by atoms with Gasteiger partial charge in [0.15, 0.2) is 0 Å². The Hall–Kier alpha value is -1.06. The molecule has 0 atom stereocenters. The van der Waals surface area contributed by atoms with Crippen molar-refractivity contribution in [3.8, 4) is 0 Å². The van der Waals surface area contributed by atoms with E-state index in [-0.39, 0.29) is 0 Å². The van der Waals surface area contributed by atoms with Crippen LogP contribution in [-0.2, 0) is 12.4 Å². The van der Waals surface area contributed by atoms with Crippen LogP contribution in [0.15, 0.2) is 35.3 Å². The van der Waals surface area contributed by atoms with Crippen molar-refractivity contribution in [1.29, 1.82) is 0 Å². The molecule has 0 saturated heterocycles. The first kappa shape index (κ1) is 11.4. The Balaban J connectivity index is 2.17. The number of nitrogens with zero attached hydrogens (tertiary/aromatic N) is 2. The zero-order valence-electron chi connectivity index (χ0n) is 9.06. The van der Waals surface area contributed by atoms with Gasteiger partial charge >= 0.3 is 0 Å². The lowest BCUT2D eigenvalue weighted by atomic mass is 10.2. The van der Waals surface area contributed by atoms with Crippen LogP contribution in [0.2, 0.25) is 0 Å². The van der Waals surface area contributed by atoms with Gasteiger partial charge in [-0.2, -0.15) is 11.3 Å². The fourth-order valence-electron chi connectivity index (χ4n) is 1.61. The predicted octanol–water partition coefficient (Wildman–Crippen LogP) is 3.52. The van der Waals surface area contributed by atoms with E-state index in [9.17, 15) is 0 Å². The molecular weight excluding hydrogens is 240 g/mol. The molecule has 0 unspecified atom stereocenters. The zero-order chi connectivity index (χ0) is 11.4. The summed E-state index contributed by atoms with van der Waals surface area (Å²) in [6.07, 6.45) is 3.64. The van der Waals surface area contributed by atoms with Crippen molar-refractivity contribution in [3.63, 3.8) is 0 Å². The Morgan fingerprint density at radius 1 is 1.44 bits per heavy atom. The van der Waals surface area contributed by atoms with Gasteiger partial charge in [0.2, 0.25) is 0 Å². The Morgan fingerprint density at radius 2 is 2.31 bits per heavy atom. The molecule has 2 aromatic rings. The van der Waals surface area contributed by atoms with E-state index in [2.05, 4.69) is 33.8 Å². The maximum Gasteiger partial charge on any atom is 0.0597 e. The third kappa shape index (κ3) is 2.54. The van der Waals surface area contributed by atoms with Crippen molar-refractivity contribution in [1.82, 2.24) is 4.98 Å². The molecule has 0 fully saturated rings. The van der Waals surface area contributed by atoms with Gasteiger partial charge in [-0.1, -0.05) is 0 Å². The number of anilines is 1. The molecule has 0 aromatic carbocycles. The zero-order valence-corrected chi connectivity index (χ0v) is 10.6. The number of pyridine rings is 1. The number of rotatable bonds is 4. The van der Waals surface area contributed by atoms with Gasteiger partial charge in [0.25, 0.3) is 0 Å². The Labute approximate surface area is 105 Å². The Kier molecular flexibility index (Phi) is 3.80. The molecule has 2 aromatic heterocycles. The van der Waals surface area contributed by atoms with Gasteiger partial charge in [0.1, 0.15) is 0 Å². The molecule has 0 radical (unpaired) electrons. The summed E-state index contributed by atoms with van der Waals surface area (Å²) in [7, 11) is 2.06. The van der Waals surface area contributed by atoms with E-state index in [1.165, 1.54) is 5.56 Å². The summed E-state index contributed by atoms with van der Waals surface area (Å²) in [6.45, 7) is 0.888. The lowest BCUT2D eigenvalue weighted by Crippen LogP contribution is -2.17. The third-order valence-corrected chi connectivity index (χ3v) is 3.46. The summed E-state index contributed by atoms with van der Waals surface area (Å²) in [4.78, 5) is 6.32. The fourth-order valence-corrected chi connectivity index (χ4v) is 2.50. The minimum atomic E-state index is 0.520. The number of hydrogen-bond donors (Lipinski definition) is 0. The second kappa shape index (κ2) is 5.32. The highest BCUT2D eigenvalue weighted by molar-refractivity contribution is 7.07. The first-order chi connectivity index (χ1) is 7.81. The van der Waals surface area contributed by atoms with Crippen molar-refractivity contribution in [2.75, 3.05) is 11.9 Å². The fraction of sp³-hybridized carbons (Fsp3) is 0.250. The molecule has 0 bridgehead atoms. The van der Waals surface area contributed by atoms with Gasteiger partial charge in [-0.15, -0.1) is 11.6 Å². The van der Waals surface area contributed by atoms with Crippen LogP contribution in [0, 0.1) is 0 Å². The van der Waals surface area contributed by atoms with Gasteiger partial charge in [0.05, 0.1) is 11.9 Å². The lowest BCUT2D eigenvalue weighted by molar-refractivity contribution is 0.914. The van der Waals surface area contributed by atoms with E-state index in [0.717, 1.165) is 17.8 Å². The molecule has 2 heterocycles. The first-order valence-electron chi connectivity index (χ1n) is 5.02. The smallest absolute Gasteiger partial charge is 0.0597 e. The number of thiophene rings is 1. The molecule has 2 rings (SSSR count). The van der Waals surface area contributed by atoms with Crippen LogP contribution < -0.4 is 4.90 Å². The molecule has 0 spiro atoms. The van der Waals surface area contributed by atoms with Gasteiger partial charge in [-0.05, 0) is 34.0 Å². The van der Waals surface area contributed by atoms with Gasteiger partial charge in [-0.25, -0.2) is 0 Å². The Bertz CT molecular complexity index is 442. The lowest BCUT2D eigenvalue weighted by Gasteiger charge is -2.20. The topological polar surface area (TPSA) is 16.1 Å². The molecule has 0 aliphatic heterocycles. The average Bonchev–Trinajstić information content (AvgIpc) is 2.81. The normalized spacial score (nSPS) is 10.4. The molecule has 0 aliphatic carbocycles. The Morgan fingerprint density at radius 3 is 3.00 bits per heavy atom. The maximum absolute atomic E-state index is 5.91. The van der Waals surface area contributed by atoms with Crippen molar-refractivity contribution < 1.29 is 0 Å². The number of hydrogen-bond acceptors (Lipinski definition) is 3. The van der Waals surface area contributed by atoms with Crippen molar-refractivity contribution in [2.24, 2.45) is 0 Å². The van der Waals surface area contributed by atoms with Crippen molar-refractivity contribution in [2.45, 2.75) is 12.4 Å². The number of alkyl halides is 1. The quantitative estimate of drug-likeness (QED) is 0.774. The van der Waals surface area contributed by atoms with Crippen LogP contribution in [-0.4, -0.2) is 12.0 Å². The number of halogens is 1. The monoisotopic (exact) mass is 252 g/mol. The van der Waals surface area contributed by atoms with Crippen LogP contribution in [0.3, 0.4) is 0 Å². The van der Waals surface area contributed by atoms with E-state index in [1.807, 2.05) is 12.3 Å². The maximum atomic E-state index is 5.91. The minimum Gasteiger partial charge on any atom is -0.369 e. The molecule has 0 amide bonds. The van der Waals surface area contributed by atoms with E-state index in [0.29, 0.717) is 5.88 Å². The van der Waals surface area contributed by atoms with Crippen molar-refractivity contribution >= 4 is 28.6 Å². The molecule has 16 heavy (non-hydrogen) atoms. The molecule has 84 valence electrons. The van der Waals surface area contributed by atoms with Crippen molar-refractivity contribution in [3.05, 3.63) is 46.4 Å². The molecule has 0 aliphatic rings. The third-order valence-electron chi connectivity index (χ3n) is 2.44. The molecule has 4 heteroatoms. The predicted molar refractivity (Wildman–Crippen MR) is 70.2 cm³/mol. The van der Waals surface area contributed by atoms with Crippen LogP contribution in [0.4, 0.5) is 5.69 Å². The first-order valence-corrected chi connectivity index (χ1v) is 6.50. The summed E-state index contributed by atoms with van der Waals surface area (Å²) in [5.41, 5.74) is 3.54. The van der Waals surface area contributed by atoms with Gasteiger partial charge < -0.3 is 4.90 Å². The summed E-state index contributed by atoms with van der Waals surface area (Å²) in [5, 5.41) is 4.25. The SMILES string of the molecule is CN(Cc1ccsc1)c1cnccc1CCl. The highest BCUT2D eigenvalue weighted by atomic mass is 35.5. The largest absolute Gasteiger partial charge is 0.369 e. The standard InChI is InChI=1S/C12H13ClN2S/c1-15(8-10-3-5-16-9-10)12-7-14-4-2-11(12)6-13/h2-5,7,9H,6,8H2,1H3. The molecular formula is C12H13ClN2S. The van der Waals surface area contributed by atoms with Crippen LogP contribution in [0.5, 0.6) is 0 Å². The van der Waals surface area contributed by atoms with Crippen LogP contribution in [0.1, 0.15) is 11.1 Å². The molecule has 2 nitrogen and oxygen atoms in total. The number of aromatic nitrogens is 1. The highest BCUT2D eigenvalue weighted by Gasteiger charge is 2.07. The molecule has 0 N–H and O–H groups in total.